The van der Waals surface area contributed by atoms with Crippen molar-refractivity contribution in [3.8, 4) is 5.75 Å². The number of sulfonamides is 1. The fourth-order valence-corrected chi connectivity index (χ4v) is 4.43. The molecule has 0 aliphatic carbocycles. The highest BCUT2D eigenvalue weighted by molar-refractivity contribution is 7.89. The summed E-state index contributed by atoms with van der Waals surface area (Å²) in [5.41, 5.74) is 6.14. The zero-order valence-corrected chi connectivity index (χ0v) is 17.5. The molecule has 0 saturated carbocycles. The average molecular weight is 419 g/mol. The quantitative estimate of drug-likeness (QED) is 0.262. The lowest BCUT2D eigenvalue weighted by Gasteiger charge is -2.25. The molecule has 0 saturated heterocycles. The van der Waals surface area contributed by atoms with E-state index in [1.807, 2.05) is 20.8 Å². The number of carbonyl (C=O) groups is 1. The highest BCUT2D eigenvalue weighted by Crippen LogP contribution is 2.22. The number of nitrogens with zero attached hydrogens (tertiary/aromatic N) is 1. The summed E-state index contributed by atoms with van der Waals surface area (Å²) in [5, 5.41) is 9.80. The molecule has 156 valence electrons. The van der Waals surface area contributed by atoms with E-state index in [1.54, 1.807) is 12.1 Å². The number of benzene rings is 2. The molecule has 9 heteroatoms. The number of hydrogen-bond acceptors (Lipinski definition) is 5. The fraction of sp³-hybridized carbons (Fsp3) is 0.300. The lowest BCUT2D eigenvalue weighted by molar-refractivity contribution is 0.0734. The van der Waals surface area contributed by atoms with Crippen molar-refractivity contribution in [2.45, 2.75) is 38.1 Å². The molecule has 0 amide bonds. The van der Waals surface area contributed by atoms with E-state index in [-0.39, 0.29) is 22.6 Å². The van der Waals surface area contributed by atoms with Crippen LogP contribution < -0.4 is 15.8 Å². The van der Waals surface area contributed by atoms with Crippen molar-refractivity contribution < 1.29 is 17.9 Å². The third-order valence-corrected chi connectivity index (χ3v) is 6.15. The molecular formula is C20H26N4O4S. The molecule has 0 atom stereocenters. The van der Waals surface area contributed by atoms with Crippen molar-refractivity contribution in [2.75, 3.05) is 11.9 Å². The van der Waals surface area contributed by atoms with Crippen molar-refractivity contribution in [2.24, 2.45) is 5.73 Å². The van der Waals surface area contributed by atoms with Crippen LogP contribution in [0.15, 0.2) is 53.4 Å². The van der Waals surface area contributed by atoms with Crippen LogP contribution >= 0.6 is 0 Å². The summed E-state index contributed by atoms with van der Waals surface area (Å²) >= 11 is 0. The predicted octanol–water partition coefficient (Wildman–Crippen LogP) is 3.02. The second-order valence-electron chi connectivity index (χ2n) is 6.69. The number of rotatable bonds is 8. The number of esters is 1. The van der Waals surface area contributed by atoms with E-state index in [1.165, 1.54) is 40.7 Å². The van der Waals surface area contributed by atoms with Crippen LogP contribution in [-0.2, 0) is 10.0 Å². The molecule has 0 unspecified atom stereocenters. The molecule has 0 aliphatic rings. The standard InChI is InChI=1S/C20H26N4O4S/c1-4-13-24(14(2)3)29(26,27)18-11-9-17(10-12-18)28-19(25)15-5-7-16(8-6-15)23-20(21)22/h5-12,14H,4,13H2,1-3H3,(H4,21,22,23). The van der Waals surface area contributed by atoms with Crippen LogP contribution in [0.5, 0.6) is 5.75 Å². The molecule has 0 spiro atoms. The van der Waals surface area contributed by atoms with Gasteiger partial charge in [-0.05, 0) is 68.8 Å². The molecule has 2 aromatic rings. The summed E-state index contributed by atoms with van der Waals surface area (Å²) in [7, 11) is -3.62. The van der Waals surface area contributed by atoms with Gasteiger partial charge in [0.05, 0.1) is 10.5 Å². The van der Waals surface area contributed by atoms with E-state index in [0.717, 1.165) is 0 Å². The normalized spacial score (nSPS) is 11.5. The minimum atomic E-state index is -3.62. The van der Waals surface area contributed by atoms with E-state index < -0.39 is 16.0 Å². The second-order valence-corrected chi connectivity index (χ2v) is 8.58. The summed E-state index contributed by atoms with van der Waals surface area (Å²) in [6.07, 6.45) is 0.716. The summed E-state index contributed by atoms with van der Waals surface area (Å²) in [4.78, 5) is 12.4. The zero-order chi connectivity index (χ0) is 21.6. The Kier molecular flexibility index (Phi) is 7.35. The lowest BCUT2D eigenvalue weighted by atomic mass is 10.2. The van der Waals surface area contributed by atoms with Crippen LogP contribution in [0.25, 0.3) is 0 Å². The van der Waals surface area contributed by atoms with Gasteiger partial charge in [0.15, 0.2) is 5.96 Å². The van der Waals surface area contributed by atoms with Gasteiger partial charge in [-0.1, -0.05) is 6.92 Å². The molecule has 2 rings (SSSR count). The van der Waals surface area contributed by atoms with E-state index in [0.29, 0.717) is 24.2 Å². The van der Waals surface area contributed by atoms with Crippen LogP contribution in [0, 0.1) is 5.41 Å². The average Bonchev–Trinajstić information content (AvgIpc) is 2.66. The molecule has 0 bridgehead atoms. The fourth-order valence-electron chi connectivity index (χ4n) is 2.70. The molecular weight excluding hydrogens is 392 g/mol. The van der Waals surface area contributed by atoms with Gasteiger partial charge in [-0.3, -0.25) is 5.41 Å². The van der Waals surface area contributed by atoms with E-state index >= 15 is 0 Å². The zero-order valence-electron chi connectivity index (χ0n) is 16.7. The van der Waals surface area contributed by atoms with E-state index in [2.05, 4.69) is 5.32 Å². The minimum absolute atomic E-state index is 0.152. The molecule has 29 heavy (non-hydrogen) atoms. The van der Waals surface area contributed by atoms with E-state index in [9.17, 15) is 13.2 Å². The summed E-state index contributed by atoms with van der Waals surface area (Å²) in [5.74, 6) is -0.540. The summed E-state index contributed by atoms with van der Waals surface area (Å²) in [6.45, 7) is 6.03. The first kappa shape index (κ1) is 22.4. The van der Waals surface area contributed by atoms with Crippen molar-refractivity contribution in [1.29, 1.82) is 5.41 Å². The van der Waals surface area contributed by atoms with Gasteiger partial charge >= 0.3 is 5.97 Å². The van der Waals surface area contributed by atoms with Crippen molar-refractivity contribution >= 4 is 27.6 Å². The lowest BCUT2D eigenvalue weighted by Crippen LogP contribution is -2.37. The van der Waals surface area contributed by atoms with Gasteiger partial charge in [-0.25, -0.2) is 13.2 Å². The van der Waals surface area contributed by atoms with Crippen LogP contribution in [0.2, 0.25) is 0 Å². The Bertz CT molecular complexity index is 955. The molecule has 0 aliphatic heterocycles. The second kappa shape index (κ2) is 9.53. The van der Waals surface area contributed by atoms with Gasteiger partial charge in [-0.15, -0.1) is 0 Å². The highest BCUT2D eigenvalue weighted by atomic mass is 32.2. The third-order valence-electron chi connectivity index (χ3n) is 4.06. The molecule has 2 aromatic carbocycles. The number of carbonyl (C=O) groups excluding carboxylic acids is 1. The largest absolute Gasteiger partial charge is 0.423 e. The Morgan fingerprint density at radius 1 is 1.14 bits per heavy atom. The van der Waals surface area contributed by atoms with Crippen molar-refractivity contribution in [3.63, 3.8) is 0 Å². The van der Waals surface area contributed by atoms with E-state index in [4.69, 9.17) is 15.9 Å². The minimum Gasteiger partial charge on any atom is -0.423 e. The van der Waals surface area contributed by atoms with Crippen molar-refractivity contribution in [3.05, 3.63) is 54.1 Å². The Balaban J connectivity index is 2.12. The summed E-state index contributed by atoms with van der Waals surface area (Å²) in [6, 6.07) is 11.9. The first-order valence-corrected chi connectivity index (χ1v) is 10.6. The smallest absolute Gasteiger partial charge is 0.343 e. The number of ether oxygens (including phenoxy) is 1. The Morgan fingerprint density at radius 2 is 1.72 bits per heavy atom. The number of nitrogens with two attached hydrogens (primary N) is 1. The topological polar surface area (TPSA) is 126 Å². The SMILES string of the molecule is CCCN(C(C)C)S(=O)(=O)c1ccc(OC(=O)c2ccc(NC(=N)N)cc2)cc1. The molecule has 0 heterocycles. The van der Waals surface area contributed by atoms with Crippen LogP contribution in [0.1, 0.15) is 37.6 Å². The van der Waals surface area contributed by atoms with Gasteiger partial charge < -0.3 is 15.8 Å². The Morgan fingerprint density at radius 3 is 2.21 bits per heavy atom. The Hall–Kier alpha value is -2.91. The maximum atomic E-state index is 12.8. The Labute approximate surface area is 171 Å². The van der Waals surface area contributed by atoms with Crippen LogP contribution in [0.4, 0.5) is 5.69 Å². The van der Waals surface area contributed by atoms with Crippen LogP contribution in [-0.4, -0.2) is 37.2 Å². The van der Waals surface area contributed by atoms with Crippen LogP contribution in [0.3, 0.4) is 0 Å². The van der Waals surface area contributed by atoms with Gasteiger partial charge in [-0.2, -0.15) is 4.31 Å². The van der Waals surface area contributed by atoms with Gasteiger partial charge in [0.2, 0.25) is 10.0 Å². The first-order valence-electron chi connectivity index (χ1n) is 9.20. The monoisotopic (exact) mass is 418 g/mol. The number of anilines is 1. The molecule has 4 N–H and O–H groups in total. The first-order chi connectivity index (χ1) is 13.6. The number of guanidine groups is 1. The molecule has 0 radical (unpaired) electrons. The predicted molar refractivity (Wildman–Crippen MR) is 113 cm³/mol. The number of hydrogen-bond donors (Lipinski definition) is 3. The third kappa shape index (κ3) is 5.78. The molecule has 0 aromatic heterocycles. The maximum Gasteiger partial charge on any atom is 0.343 e. The molecule has 8 nitrogen and oxygen atoms in total. The van der Waals surface area contributed by atoms with Gasteiger partial charge in [0.1, 0.15) is 5.75 Å². The van der Waals surface area contributed by atoms with Gasteiger partial charge in [0.25, 0.3) is 0 Å². The number of nitrogens with one attached hydrogen (secondary N) is 2. The highest BCUT2D eigenvalue weighted by Gasteiger charge is 2.26. The summed E-state index contributed by atoms with van der Waals surface area (Å²) < 4.78 is 32.4. The van der Waals surface area contributed by atoms with Crippen molar-refractivity contribution in [1.82, 2.24) is 4.31 Å². The molecule has 0 fully saturated rings. The van der Waals surface area contributed by atoms with Gasteiger partial charge in [0, 0.05) is 18.3 Å². The maximum absolute atomic E-state index is 12.8.